The number of benzene rings is 1. The van der Waals surface area contributed by atoms with Crippen molar-refractivity contribution in [2.24, 2.45) is 0 Å². The summed E-state index contributed by atoms with van der Waals surface area (Å²) in [5.41, 5.74) is 9.43. The van der Waals surface area contributed by atoms with E-state index in [1.807, 2.05) is 0 Å². The van der Waals surface area contributed by atoms with Crippen LogP contribution in [0.3, 0.4) is 0 Å². The van der Waals surface area contributed by atoms with Gasteiger partial charge in [-0.1, -0.05) is 13.0 Å². The molecule has 1 fully saturated rings. The maximum Gasteiger partial charge on any atom is 0.0389 e. The molecule has 0 aromatic heterocycles. The van der Waals surface area contributed by atoms with Gasteiger partial charge in [0, 0.05) is 24.0 Å². The molecule has 0 aliphatic carbocycles. The first-order chi connectivity index (χ1) is 6.72. The molecule has 1 saturated heterocycles. The molecule has 14 heavy (non-hydrogen) atoms. The predicted molar refractivity (Wildman–Crippen MR) is 61.7 cm³/mol. The number of nitrogen functional groups attached to an aromatic ring is 1. The Labute approximate surface area is 85.7 Å². The Bertz CT molecular complexity index is 333. The van der Waals surface area contributed by atoms with Gasteiger partial charge in [0.2, 0.25) is 0 Å². The minimum absolute atomic E-state index is 0.682. The summed E-state index contributed by atoms with van der Waals surface area (Å²) in [6.45, 7) is 5.57. The third-order valence-corrected chi connectivity index (χ3v) is 3.16. The van der Waals surface area contributed by atoms with Crippen molar-refractivity contribution >= 4 is 11.4 Å². The molecule has 0 radical (unpaired) electrons. The molecule has 2 N–H and O–H groups in total. The molecular weight excluding hydrogens is 172 g/mol. The van der Waals surface area contributed by atoms with Crippen molar-refractivity contribution in [3.8, 4) is 0 Å². The Morgan fingerprint density at radius 3 is 2.71 bits per heavy atom. The molecule has 1 aliphatic heterocycles. The molecule has 76 valence electrons. The number of nitrogens with zero attached hydrogens (tertiary/aromatic N) is 1. The molecule has 0 bridgehead atoms. The molecule has 1 aromatic carbocycles. The Hall–Kier alpha value is -1.18. The van der Waals surface area contributed by atoms with Crippen molar-refractivity contribution < 1.29 is 0 Å². The Balaban J connectivity index is 2.24. The van der Waals surface area contributed by atoms with E-state index in [0.29, 0.717) is 6.04 Å². The summed E-state index contributed by atoms with van der Waals surface area (Å²) in [5, 5.41) is 0. The summed E-state index contributed by atoms with van der Waals surface area (Å²) in [7, 11) is 0. The van der Waals surface area contributed by atoms with Gasteiger partial charge in [-0.2, -0.15) is 0 Å². The maximum atomic E-state index is 5.97. The second kappa shape index (κ2) is 3.52. The van der Waals surface area contributed by atoms with Crippen molar-refractivity contribution in [3.63, 3.8) is 0 Å². The van der Waals surface area contributed by atoms with Gasteiger partial charge in [0.15, 0.2) is 0 Å². The van der Waals surface area contributed by atoms with Crippen molar-refractivity contribution in [1.29, 1.82) is 0 Å². The first kappa shape index (κ1) is 9.38. The molecule has 2 heteroatoms. The second-order valence-electron chi connectivity index (χ2n) is 4.07. The molecule has 0 saturated carbocycles. The van der Waals surface area contributed by atoms with Gasteiger partial charge in [-0.05, 0) is 37.5 Å². The topological polar surface area (TPSA) is 29.3 Å². The number of nitrogens with two attached hydrogens (primary N) is 1. The van der Waals surface area contributed by atoms with Gasteiger partial charge >= 0.3 is 0 Å². The average molecular weight is 190 g/mol. The van der Waals surface area contributed by atoms with Crippen LogP contribution in [0.5, 0.6) is 0 Å². The van der Waals surface area contributed by atoms with Gasteiger partial charge < -0.3 is 10.6 Å². The lowest BCUT2D eigenvalue weighted by Crippen LogP contribution is -2.45. The first-order valence-electron chi connectivity index (χ1n) is 5.37. The van der Waals surface area contributed by atoms with Crippen LogP contribution in [0.15, 0.2) is 18.2 Å². The monoisotopic (exact) mass is 190 g/mol. The van der Waals surface area contributed by atoms with Crippen LogP contribution in [-0.4, -0.2) is 12.6 Å². The summed E-state index contributed by atoms with van der Waals surface area (Å²) < 4.78 is 0. The maximum absolute atomic E-state index is 5.97. The number of aryl methyl sites for hydroxylation is 1. The Morgan fingerprint density at radius 1 is 1.50 bits per heavy atom. The number of hydrogen-bond acceptors (Lipinski definition) is 2. The molecule has 1 atom stereocenters. The quantitative estimate of drug-likeness (QED) is 0.726. The second-order valence-corrected chi connectivity index (χ2v) is 4.07. The van der Waals surface area contributed by atoms with Gasteiger partial charge in [0.05, 0.1) is 0 Å². The zero-order valence-corrected chi connectivity index (χ0v) is 8.96. The SMILES string of the molecule is CCc1ccc(N2CCC2C)cc1N. The van der Waals surface area contributed by atoms with Gasteiger partial charge in [-0.25, -0.2) is 0 Å². The van der Waals surface area contributed by atoms with Crippen LogP contribution in [0.2, 0.25) is 0 Å². The summed E-state index contributed by atoms with van der Waals surface area (Å²) >= 11 is 0. The van der Waals surface area contributed by atoms with Crippen molar-refractivity contribution in [2.45, 2.75) is 32.7 Å². The Kier molecular flexibility index (Phi) is 2.36. The molecule has 1 aliphatic rings. The molecular formula is C12H18N2. The third-order valence-electron chi connectivity index (χ3n) is 3.16. The van der Waals surface area contributed by atoms with E-state index >= 15 is 0 Å². The smallest absolute Gasteiger partial charge is 0.0389 e. The van der Waals surface area contributed by atoms with Crippen LogP contribution in [0, 0.1) is 0 Å². The van der Waals surface area contributed by atoms with E-state index in [-0.39, 0.29) is 0 Å². The Morgan fingerprint density at radius 2 is 2.29 bits per heavy atom. The standard InChI is InChI=1S/C12H18N2/c1-3-10-4-5-11(8-12(10)13)14-7-6-9(14)2/h4-5,8-9H,3,6-7,13H2,1-2H3. The predicted octanol–water partition coefficient (Wildman–Crippen LogP) is 2.43. The lowest BCUT2D eigenvalue weighted by molar-refractivity contribution is 0.481. The first-order valence-corrected chi connectivity index (χ1v) is 5.37. The highest BCUT2D eigenvalue weighted by atomic mass is 15.2. The van der Waals surface area contributed by atoms with E-state index in [4.69, 9.17) is 5.73 Å². The van der Waals surface area contributed by atoms with Gasteiger partial charge in [0.1, 0.15) is 0 Å². The van der Waals surface area contributed by atoms with Crippen LogP contribution in [-0.2, 0) is 6.42 Å². The number of anilines is 2. The van der Waals surface area contributed by atoms with E-state index in [2.05, 4.69) is 36.9 Å². The average Bonchev–Trinajstić information content (AvgIpc) is 2.16. The van der Waals surface area contributed by atoms with Crippen LogP contribution in [0.25, 0.3) is 0 Å². The largest absolute Gasteiger partial charge is 0.398 e. The minimum atomic E-state index is 0.682. The number of rotatable bonds is 2. The molecule has 1 heterocycles. The van der Waals surface area contributed by atoms with E-state index in [1.54, 1.807) is 0 Å². The van der Waals surface area contributed by atoms with E-state index in [9.17, 15) is 0 Å². The molecule has 1 unspecified atom stereocenters. The van der Waals surface area contributed by atoms with Crippen LogP contribution in [0.1, 0.15) is 25.8 Å². The fourth-order valence-electron chi connectivity index (χ4n) is 1.98. The summed E-state index contributed by atoms with van der Waals surface area (Å²) in [6, 6.07) is 7.12. The lowest BCUT2D eigenvalue weighted by Gasteiger charge is -2.41. The highest BCUT2D eigenvalue weighted by Gasteiger charge is 2.23. The molecule has 2 rings (SSSR count). The fourth-order valence-corrected chi connectivity index (χ4v) is 1.98. The van der Waals surface area contributed by atoms with Crippen LogP contribution < -0.4 is 10.6 Å². The normalized spacial score (nSPS) is 20.7. The fraction of sp³-hybridized carbons (Fsp3) is 0.500. The van der Waals surface area contributed by atoms with Gasteiger partial charge in [-0.15, -0.1) is 0 Å². The zero-order chi connectivity index (χ0) is 10.1. The van der Waals surface area contributed by atoms with Gasteiger partial charge in [0.25, 0.3) is 0 Å². The molecule has 1 aromatic rings. The van der Waals surface area contributed by atoms with Crippen molar-refractivity contribution in [3.05, 3.63) is 23.8 Å². The van der Waals surface area contributed by atoms with E-state index in [1.165, 1.54) is 24.2 Å². The highest BCUT2D eigenvalue weighted by molar-refractivity contribution is 5.61. The molecule has 0 amide bonds. The van der Waals surface area contributed by atoms with Crippen LogP contribution in [0.4, 0.5) is 11.4 Å². The van der Waals surface area contributed by atoms with Crippen LogP contribution >= 0.6 is 0 Å². The zero-order valence-electron chi connectivity index (χ0n) is 8.96. The van der Waals surface area contributed by atoms with E-state index < -0.39 is 0 Å². The minimum Gasteiger partial charge on any atom is -0.398 e. The molecule has 0 spiro atoms. The lowest BCUT2D eigenvalue weighted by atomic mass is 10.0. The van der Waals surface area contributed by atoms with E-state index in [0.717, 1.165) is 12.1 Å². The highest BCUT2D eigenvalue weighted by Crippen LogP contribution is 2.28. The van der Waals surface area contributed by atoms with Crippen molar-refractivity contribution in [1.82, 2.24) is 0 Å². The van der Waals surface area contributed by atoms with Crippen molar-refractivity contribution in [2.75, 3.05) is 17.2 Å². The number of hydrogen-bond donors (Lipinski definition) is 1. The van der Waals surface area contributed by atoms with Gasteiger partial charge in [-0.3, -0.25) is 0 Å². The molecule has 2 nitrogen and oxygen atoms in total. The summed E-state index contributed by atoms with van der Waals surface area (Å²) in [5.74, 6) is 0. The summed E-state index contributed by atoms with van der Waals surface area (Å²) in [4.78, 5) is 2.40. The summed E-state index contributed by atoms with van der Waals surface area (Å²) in [6.07, 6.45) is 2.32. The third kappa shape index (κ3) is 1.45.